The molecule has 1 aliphatic carbocycles. The lowest BCUT2D eigenvalue weighted by Gasteiger charge is -2.34. The van der Waals surface area contributed by atoms with E-state index in [9.17, 15) is 4.79 Å². The molecule has 1 aromatic carbocycles. The van der Waals surface area contributed by atoms with Crippen LogP contribution in [0.5, 0.6) is 0 Å². The Bertz CT molecular complexity index is 859. The lowest BCUT2D eigenvalue weighted by atomic mass is 9.89. The SMILES string of the molecule is O=C(CC1CCCC1)N1CCC(c2ccc([N+]3(c4cccnc4)CCCC3)cc2)CC1. The third-order valence-electron chi connectivity index (χ3n) is 8.11. The molecule has 0 N–H and O–H groups in total. The Morgan fingerprint density at radius 3 is 2.26 bits per heavy atom. The molecule has 2 aromatic rings. The molecule has 0 unspecified atom stereocenters. The van der Waals surface area contributed by atoms with Gasteiger partial charge < -0.3 is 4.90 Å². The second kappa shape index (κ2) is 9.12. The van der Waals surface area contributed by atoms with E-state index < -0.39 is 0 Å². The van der Waals surface area contributed by atoms with Crippen LogP contribution in [-0.2, 0) is 4.79 Å². The number of hydrogen-bond donors (Lipinski definition) is 0. The summed E-state index contributed by atoms with van der Waals surface area (Å²) in [6.07, 6.45) is 14.6. The van der Waals surface area contributed by atoms with Gasteiger partial charge in [-0.1, -0.05) is 25.0 Å². The second-order valence-corrected chi connectivity index (χ2v) is 9.93. The lowest BCUT2D eigenvalue weighted by Crippen LogP contribution is -2.41. The number of piperidine rings is 1. The van der Waals surface area contributed by atoms with E-state index in [1.54, 1.807) is 0 Å². The van der Waals surface area contributed by atoms with E-state index in [0.717, 1.165) is 49.9 Å². The van der Waals surface area contributed by atoms with Gasteiger partial charge in [0.05, 0.1) is 19.3 Å². The van der Waals surface area contributed by atoms with Crippen LogP contribution in [0, 0.1) is 5.92 Å². The van der Waals surface area contributed by atoms with Gasteiger partial charge in [0.2, 0.25) is 5.91 Å². The smallest absolute Gasteiger partial charge is 0.222 e. The second-order valence-electron chi connectivity index (χ2n) is 9.93. The first-order chi connectivity index (χ1) is 15.2. The fourth-order valence-corrected chi connectivity index (χ4v) is 6.23. The molecule has 0 spiro atoms. The first-order valence-electron chi connectivity index (χ1n) is 12.4. The lowest BCUT2D eigenvalue weighted by molar-refractivity contribution is -0.133. The number of pyridine rings is 1. The minimum absolute atomic E-state index is 0.401. The van der Waals surface area contributed by atoms with Crippen LogP contribution in [0.25, 0.3) is 0 Å². The number of quaternary nitrogens is 1. The highest BCUT2D eigenvalue weighted by atomic mass is 16.2. The van der Waals surface area contributed by atoms with E-state index in [1.165, 1.54) is 55.5 Å². The summed E-state index contributed by atoms with van der Waals surface area (Å²) in [7, 11) is 0. The number of likely N-dealkylation sites (tertiary alicyclic amines) is 1. The highest BCUT2D eigenvalue weighted by Gasteiger charge is 2.37. The molecule has 2 saturated heterocycles. The first-order valence-corrected chi connectivity index (χ1v) is 12.4. The number of carbonyl (C=O) groups excluding carboxylic acids is 1. The van der Waals surface area contributed by atoms with Crippen LogP contribution in [0.4, 0.5) is 11.4 Å². The molecule has 1 saturated carbocycles. The summed E-state index contributed by atoms with van der Waals surface area (Å²) < 4.78 is 0.933. The summed E-state index contributed by atoms with van der Waals surface area (Å²) in [5.41, 5.74) is 4.13. The van der Waals surface area contributed by atoms with Gasteiger partial charge in [-0.15, -0.1) is 0 Å². The molecule has 4 heteroatoms. The molecule has 1 amide bonds. The third kappa shape index (κ3) is 4.27. The molecule has 3 aliphatic rings. The maximum absolute atomic E-state index is 12.7. The van der Waals surface area contributed by atoms with Gasteiger partial charge in [0.25, 0.3) is 0 Å². The average Bonchev–Trinajstić information content (AvgIpc) is 3.53. The van der Waals surface area contributed by atoms with Gasteiger partial charge in [0.15, 0.2) is 5.69 Å². The Kier molecular flexibility index (Phi) is 6.08. The van der Waals surface area contributed by atoms with E-state index in [-0.39, 0.29) is 0 Å². The highest BCUT2D eigenvalue weighted by Crippen LogP contribution is 2.40. The summed E-state index contributed by atoms with van der Waals surface area (Å²) in [4.78, 5) is 19.2. The third-order valence-corrected chi connectivity index (χ3v) is 8.11. The Morgan fingerprint density at radius 2 is 1.61 bits per heavy atom. The molecule has 1 aromatic heterocycles. The van der Waals surface area contributed by atoms with Crippen molar-refractivity contribution < 1.29 is 4.79 Å². The van der Waals surface area contributed by atoms with E-state index in [2.05, 4.69) is 46.3 Å². The van der Waals surface area contributed by atoms with Crippen molar-refractivity contribution in [1.29, 1.82) is 0 Å². The Labute approximate surface area is 186 Å². The van der Waals surface area contributed by atoms with Crippen LogP contribution < -0.4 is 4.48 Å². The largest absolute Gasteiger partial charge is 0.343 e. The van der Waals surface area contributed by atoms with Crippen molar-refractivity contribution in [3.8, 4) is 0 Å². The number of benzene rings is 1. The monoisotopic (exact) mass is 418 g/mol. The van der Waals surface area contributed by atoms with Crippen molar-refractivity contribution in [2.24, 2.45) is 5.92 Å². The predicted molar refractivity (Wildman–Crippen MR) is 126 cm³/mol. The van der Waals surface area contributed by atoms with E-state index in [4.69, 9.17) is 0 Å². The van der Waals surface area contributed by atoms with Crippen molar-refractivity contribution in [1.82, 2.24) is 14.4 Å². The van der Waals surface area contributed by atoms with Gasteiger partial charge >= 0.3 is 0 Å². The minimum atomic E-state index is 0.401. The van der Waals surface area contributed by atoms with Gasteiger partial charge in [0, 0.05) is 44.6 Å². The predicted octanol–water partition coefficient (Wildman–Crippen LogP) is 5.80. The molecule has 164 valence electrons. The molecule has 31 heavy (non-hydrogen) atoms. The van der Waals surface area contributed by atoms with Crippen molar-refractivity contribution >= 4 is 17.3 Å². The number of aromatic nitrogens is 1. The van der Waals surface area contributed by atoms with Crippen molar-refractivity contribution in [3.63, 3.8) is 0 Å². The number of amides is 1. The molecule has 5 rings (SSSR count). The Balaban J connectivity index is 1.23. The quantitative estimate of drug-likeness (QED) is 0.575. The molecule has 0 radical (unpaired) electrons. The zero-order valence-electron chi connectivity index (χ0n) is 18.7. The molecule has 0 bridgehead atoms. The summed E-state index contributed by atoms with van der Waals surface area (Å²) in [5.74, 6) is 1.63. The van der Waals surface area contributed by atoms with Gasteiger partial charge in [-0.05, 0) is 61.3 Å². The summed E-state index contributed by atoms with van der Waals surface area (Å²) in [5, 5.41) is 0. The molecule has 3 fully saturated rings. The normalized spacial score (nSPS) is 22.1. The standard InChI is InChI=1S/C27H36N3O/c31-27(20-22-6-1-2-7-22)29-16-13-24(14-17-29)23-9-11-25(12-10-23)30(18-3-4-19-30)26-8-5-15-28-21-26/h5,8-12,15,21-22,24H,1-4,6-7,13-14,16-20H2/q+1. The van der Waals surface area contributed by atoms with Crippen LogP contribution in [0.15, 0.2) is 48.8 Å². The molecule has 4 nitrogen and oxygen atoms in total. The van der Waals surface area contributed by atoms with Crippen LogP contribution in [0.1, 0.15) is 69.3 Å². The zero-order chi connectivity index (χ0) is 21.1. The van der Waals surface area contributed by atoms with Crippen molar-refractivity contribution in [3.05, 3.63) is 54.4 Å². The summed E-state index contributed by atoms with van der Waals surface area (Å²) in [6, 6.07) is 13.7. The number of hydrogen-bond acceptors (Lipinski definition) is 2. The Morgan fingerprint density at radius 1 is 0.903 bits per heavy atom. The van der Waals surface area contributed by atoms with Gasteiger partial charge in [-0.2, -0.15) is 0 Å². The number of nitrogens with zero attached hydrogens (tertiary/aromatic N) is 3. The van der Waals surface area contributed by atoms with Gasteiger partial charge in [-0.25, -0.2) is 0 Å². The fourth-order valence-electron chi connectivity index (χ4n) is 6.23. The average molecular weight is 419 g/mol. The van der Waals surface area contributed by atoms with Crippen molar-refractivity contribution in [2.45, 2.75) is 63.7 Å². The zero-order valence-corrected chi connectivity index (χ0v) is 18.7. The summed E-state index contributed by atoms with van der Waals surface area (Å²) >= 11 is 0. The topological polar surface area (TPSA) is 33.2 Å². The van der Waals surface area contributed by atoms with Crippen LogP contribution in [0.3, 0.4) is 0 Å². The first kappa shape index (κ1) is 20.7. The molecular weight excluding hydrogens is 382 g/mol. The van der Waals surface area contributed by atoms with E-state index >= 15 is 0 Å². The molecule has 3 heterocycles. The summed E-state index contributed by atoms with van der Waals surface area (Å²) in [6.45, 7) is 4.17. The molecule has 2 aliphatic heterocycles. The highest BCUT2D eigenvalue weighted by molar-refractivity contribution is 5.76. The van der Waals surface area contributed by atoms with Crippen LogP contribution >= 0.6 is 0 Å². The van der Waals surface area contributed by atoms with E-state index in [0.29, 0.717) is 17.7 Å². The minimum Gasteiger partial charge on any atom is -0.343 e. The molecular formula is C27H36N3O+. The fraction of sp³-hybridized carbons (Fsp3) is 0.556. The number of carbonyl (C=O) groups is 1. The van der Waals surface area contributed by atoms with E-state index in [1.807, 2.05) is 12.4 Å². The maximum Gasteiger partial charge on any atom is 0.222 e. The Hall–Kier alpha value is -2.20. The molecule has 0 atom stereocenters. The maximum atomic E-state index is 12.7. The van der Waals surface area contributed by atoms with Crippen LogP contribution in [-0.4, -0.2) is 42.0 Å². The number of rotatable bonds is 5. The van der Waals surface area contributed by atoms with Gasteiger partial charge in [-0.3, -0.25) is 14.3 Å². The van der Waals surface area contributed by atoms with Crippen molar-refractivity contribution in [2.75, 3.05) is 26.2 Å². The van der Waals surface area contributed by atoms with Crippen LogP contribution in [0.2, 0.25) is 0 Å². The van der Waals surface area contributed by atoms with Gasteiger partial charge in [0.1, 0.15) is 5.69 Å².